The fourth-order valence-electron chi connectivity index (χ4n) is 1.12. The first-order valence-electron chi connectivity index (χ1n) is 5.19. The average Bonchev–Trinajstić information content (AvgIpc) is 2.20. The second kappa shape index (κ2) is 7.18. The lowest BCUT2D eigenvalue weighted by Gasteiger charge is -2.08. The van der Waals surface area contributed by atoms with Crippen molar-refractivity contribution in [3.8, 4) is 5.75 Å². The molecule has 0 heterocycles. The van der Waals surface area contributed by atoms with E-state index in [-0.39, 0.29) is 0 Å². The van der Waals surface area contributed by atoms with Crippen LogP contribution in [0.2, 0.25) is 0 Å². The number of thioether (sulfide) groups is 1. The number of benzene rings is 1. The monoisotopic (exact) mass is 288 g/mol. The Kier molecular flexibility index (Phi) is 6.18. The van der Waals surface area contributed by atoms with Crippen LogP contribution in [-0.2, 0) is 0 Å². The van der Waals surface area contributed by atoms with Crippen LogP contribution in [0.3, 0.4) is 0 Å². The highest BCUT2D eigenvalue weighted by Gasteiger charge is 1.99. The molecular formula is C12H17BrOS. The van der Waals surface area contributed by atoms with E-state index in [9.17, 15) is 0 Å². The third-order valence-electron chi connectivity index (χ3n) is 1.83. The summed E-state index contributed by atoms with van der Waals surface area (Å²) in [6.07, 6.45) is 1.10. The van der Waals surface area contributed by atoms with E-state index in [4.69, 9.17) is 4.74 Å². The SMILES string of the molecule is CC(C)SCCCOc1ccccc1Br. The van der Waals surface area contributed by atoms with Gasteiger partial charge < -0.3 is 4.74 Å². The lowest BCUT2D eigenvalue weighted by atomic mass is 10.3. The summed E-state index contributed by atoms with van der Waals surface area (Å²) in [6, 6.07) is 7.96. The molecule has 0 aliphatic rings. The molecule has 15 heavy (non-hydrogen) atoms. The van der Waals surface area contributed by atoms with E-state index in [0.717, 1.165) is 23.2 Å². The van der Waals surface area contributed by atoms with Crippen molar-refractivity contribution in [3.63, 3.8) is 0 Å². The highest BCUT2D eigenvalue weighted by Crippen LogP contribution is 2.23. The lowest BCUT2D eigenvalue weighted by molar-refractivity contribution is 0.317. The Balaban J connectivity index is 2.18. The maximum absolute atomic E-state index is 5.66. The molecule has 0 aromatic heterocycles. The van der Waals surface area contributed by atoms with Crippen LogP contribution in [0.4, 0.5) is 0 Å². The highest BCUT2D eigenvalue weighted by atomic mass is 79.9. The van der Waals surface area contributed by atoms with Crippen LogP contribution in [0.25, 0.3) is 0 Å². The van der Waals surface area contributed by atoms with Gasteiger partial charge in [0.25, 0.3) is 0 Å². The maximum Gasteiger partial charge on any atom is 0.133 e. The van der Waals surface area contributed by atoms with Crippen molar-refractivity contribution in [3.05, 3.63) is 28.7 Å². The molecule has 1 aromatic rings. The van der Waals surface area contributed by atoms with Gasteiger partial charge in [0.05, 0.1) is 11.1 Å². The molecule has 0 saturated heterocycles. The molecule has 3 heteroatoms. The van der Waals surface area contributed by atoms with Gasteiger partial charge in [-0.15, -0.1) is 0 Å². The zero-order valence-corrected chi connectivity index (χ0v) is 11.6. The summed E-state index contributed by atoms with van der Waals surface area (Å²) in [5, 5.41) is 0.716. The molecule has 0 amide bonds. The number of ether oxygens (including phenoxy) is 1. The normalized spacial score (nSPS) is 10.7. The van der Waals surface area contributed by atoms with Gasteiger partial charge in [-0.2, -0.15) is 11.8 Å². The molecule has 0 saturated carbocycles. The molecular weight excluding hydrogens is 272 g/mol. The van der Waals surface area contributed by atoms with Gasteiger partial charge in [-0.3, -0.25) is 0 Å². The third kappa shape index (κ3) is 5.47. The molecule has 0 aliphatic heterocycles. The largest absolute Gasteiger partial charge is 0.492 e. The molecule has 0 radical (unpaired) electrons. The Morgan fingerprint density at radius 1 is 1.33 bits per heavy atom. The Morgan fingerprint density at radius 3 is 2.73 bits per heavy atom. The van der Waals surface area contributed by atoms with Gasteiger partial charge in [0.1, 0.15) is 5.75 Å². The molecule has 1 nitrogen and oxygen atoms in total. The predicted molar refractivity (Wildman–Crippen MR) is 71.8 cm³/mol. The molecule has 84 valence electrons. The quantitative estimate of drug-likeness (QED) is 0.720. The maximum atomic E-state index is 5.66. The molecule has 0 fully saturated rings. The van der Waals surface area contributed by atoms with Crippen molar-refractivity contribution >= 4 is 27.7 Å². The molecule has 0 N–H and O–H groups in total. The zero-order chi connectivity index (χ0) is 11.1. The molecule has 0 atom stereocenters. The van der Waals surface area contributed by atoms with Gasteiger partial charge in [-0.05, 0) is 45.5 Å². The Labute approximate surface area is 105 Å². The van der Waals surface area contributed by atoms with Gasteiger partial charge in [-0.1, -0.05) is 26.0 Å². The van der Waals surface area contributed by atoms with Crippen LogP contribution in [0.5, 0.6) is 5.75 Å². The minimum Gasteiger partial charge on any atom is -0.492 e. The fraction of sp³-hybridized carbons (Fsp3) is 0.500. The number of para-hydroxylation sites is 1. The zero-order valence-electron chi connectivity index (χ0n) is 9.20. The summed E-state index contributed by atoms with van der Waals surface area (Å²) < 4.78 is 6.69. The number of hydrogen-bond acceptors (Lipinski definition) is 2. The number of hydrogen-bond donors (Lipinski definition) is 0. The number of halogens is 1. The minimum absolute atomic E-state index is 0.716. The van der Waals surface area contributed by atoms with Crippen LogP contribution in [0, 0.1) is 0 Å². The molecule has 1 rings (SSSR count). The van der Waals surface area contributed by atoms with Crippen molar-refractivity contribution in [2.45, 2.75) is 25.5 Å². The van der Waals surface area contributed by atoms with Crippen molar-refractivity contribution in [2.75, 3.05) is 12.4 Å². The summed E-state index contributed by atoms with van der Waals surface area (Å²) in [6.45, 7) is 5.24. The summed E-state index contributed by atoms with van der Waals surface area (Å²) in [4.78, 5) is 0. The number of rotatable bonds is 6. The van der Waals surface area contributed by atoms with Crippen molar-refractivity contribution in [2.24, 2.45) is 0 Å². The van der Waals surface area contributed by atoms with Crippen LogP contribution >= 0.6 is 27.7 Å². The summed E-state index contributed by atoms with van der Waals surface area (Å²) in [5.74, 6) is 2.11. The first-order chi connectivity index (χ1) is 7.20. The standard InChI is InChI=1S/C12H17BrOS/c1-10(2)15-9-5-8-14-12-7-4-3-6-11(12)13/h3-4,6-7,10H,5,8-9H2,1-2H3. The van der Waals surface area contributed by atoms with Gasteiger partial charge in [0.2, 0.25) is 0 Å². The van der Waals surface area contributed by atoms with Gasteiger partial charge in [0.15, 0.2) is 0 Å². The lowest BCUT2D eigenvalue weighted by Crippen LogP contribution is -2.00. The van der Waals surface area contributed by atoms with E-state index < -0.39 is 0 Å². The summed E-state index contributed by atoms with van der Waals surface area (Å²) >= 11 is 5.44. The summed E-state index contributed by atoms with van der Waals surface area (Å²) in [5.41, 5.74) is 0. The smallest absolute Gasteiger partial charge is 0.133 e. The topological polar surface area (TPSA) is 9.23 Å². The van der Waals surface area contributed by atoms with Crippen molar-refractivity contribution in [1.29, 1.82) is 0 Å². The van der Waals surface area contributed by atoms with E-state index in [1.54, 1.807) is 0 Å². The predicted octanol–water partition coefficient (Wildman–Crippen LogP) is 4.36. The third-order valence-corrected chi connectivity index (χ3v) is 3.68. The minimum atomic E-state index is 0.716. The van der Waals surface area contributed by atoms with Crippen LogP contribution in [-0.4, -0.2) is 17.6 Å². The van der Waals surface area contributed by atoms with E-state index in [0.29, 0.717) is 5.25 Å². The van der Waals surface area contributed by atoms with Crippen LogP contribution in [0.15, 0.2) is 28.7 Å². The van der Waals surface area contributed by atoms with Gasteiger partial charge in [-0.25, -0.2) is 0 Å². The van der Waals surface area contributed by atoms with Crippen LogP contribution in [0.1, 0.15) is 20.3 Å². The molecule has 1 aromatic carbocycles. The van der Waals surface area contributed by atoms with E-state index >= 15 is 0 Å². The van der Waals surface area contributed by atoms with E-state index in [2.05, 4.69) is 29.8 Å². The molecule has 0 bridgehead atoms. The van der Waals surface area contributed by atoms with Crippen molar-refractivity contribution < 1.29 is 4.74 Å². The Hall–Kier alpha value is -0.150. The van der Waals surface area contributed by atoms with Gasteiger partial charge >= 0.3 is 0 Å². The first-order valence-corrected chi connectivity index (χ1v) is 7.03. The Morgan fingerprint density at radius 2 is 2.07 bits per heavy atom. The van der Waals surface area contributed by atoms with Crippen LogP contribution < -0.4 is 4.74 Å². The second-order valence-corrected chi connectivity index (χ2v) is 6.09. The van der Waals surface area contributed by atoms with Gasteiger partial charge in [0, 0.05) is 0 Å². The molecule has 0 spiro atoms. The van der Waals surface area contributed by atoms with Crippen molar-refractivity contribution in [1.82, 2.24) is 0 Å². The first kappa shape index (κ1) is 12.9. The Bertz CT molecular complexity index is 289. The van der Waals surface area contributed by atoms with E-state index in [1.165, 1.54) is 5.75 Å². The average molecular weight is 289 g/mol. The second-order valence-electron chi connectivity index (χ2n) is 3.55. The fourth-order valence-corrected chi connectivity index (χ4v) is 2.28. The molecule has 0 aliphatic carbocycles. The van der Waals surface area contributed by atoms with E-state index in [1.807, 2.05) is 36.0 Å². The summed E-state index contributed by atoms with van der Waals surface area (Å²) in [7, 11) is 0. The molecule has 0 unspecified atom stereocenters. The highest BCUT2D eigenvalue weighted by molar-refractivity contribution is 9.10.